The van der Waals surface area contributed by atoms with Gasteiger partial charge in [-0.25, -0.2) is 8.42 Å². The maximum atomic E-state index is 13.3. The Hall–Kier alpha value is -1.96. The van der Waals surface area contributed by atoms with Gasteiger partial charge in [-0.1, -0.05) is 42.3 Å². The van der Waals surface area contributed by atoms with Crippen LogP contribution in [0.15, 0.2) is 47.4 Å². The van der Waals surface area contributed by atoms with E-state index in [4.69, 9.17) is 27.9 Å². The number of ether oxygens (including phenoxy) is 1. The number of methoxy groups -OCH3 is 1. The summed E-state index contributed by atoms with van der Waals surface area (Å²) in [5.41, 5.74) is 0.246. The summed E-state index contributed by atoms with van der Waals surface area (Å²) in [6.07, 6.45) is 0.722. The van der Waals surface area contributed by atoms with E-state index >= 15 is 0 Å². The van der Waals surface area contributed by atoms with Gasteiger partial charge in [0.2, 0.25) is 5.91 Å². The number of carbonyl (C=O) groups is 1. The molecule has 28 heavy (non-hydrogen) atoms. The van der Waals surface area contributed by atoms with Crippen molar-refractivity contribution in [3.05, 3.63) is 52.5 Å². The number of sulfonamides is 1. The molecule has 0 aliphatic heterocycles. The number of hydrogen-bond acceptors (Lipinski definition) is 4. The van der Waals surface area contributed by atoms with Crippen LogP contribution in [-0.2, 0) is 14.8 Å². The summed E-state index contributed by atoms with van der Waals surface area (Å²) in [5.74, 6) is -0.105. The number of hydrogen-bond donors (Lipinski definition) is 1. The first-order valence-electron chi connectivity index (χ1n) is 8.60. The van der Waals surface area contributed by atoms with Crippen LogP contribution in [0.3, 0.4) is 0 Å². The Labute approximate surface area is 175 Å². The lowest BCUT2D eigenvalue weighted by molar-refractivity contribution is -0.120. The second-order valence-corrected chi connectivity index (χ2v) is 8.81. The number of amides is 1. The van der Waals surface area contributed by atoms with Crippen molar-refractivity contribution in [1.82, 2.24) is 5.32 Å². The van der Waals surface area contributed by atoms with Crippen LogP contribution in [-0.4, -0.2) is 34.0 Å². The standard InChI is InChI=1S/C19H22Cl2N2O4S/c1-4-13(2)22-19(24)12-23(17-7-5-6-8-18(17)27-3)28(25,26)14-9-10-15(20)16(21)11-14/h5-11,13H,4,12H2,1-3H3,(H,22,24)/t13-/m1/s1. The molecule has 0 aliphatic rings. The Morgan fingerprint density at radius 1 is 1.18 bits per heavy atom. The number of rotatable bonds is 8. The maximum absolute atomic E-state index is 13.3. The monoisotopic (exact) mass is 444 g/mol. The van der Waals surface area contributed by atoms with Crippen LogP contribution in [0.4, 0.5) is 5.69 Å². The molecule has 0 spiro atoms. The molecule has 0 fully saturated rings. The second kappa shape index (κ2) is 9.49. The highest BCUT2D eigenvalue weighted by Gasteiger charge is 2.30. The molecule has 0 saturated heterocycles. The van der Waals surface area contributed by atoms with Crippen molar-refractivity contribution in [2.24, 2.45) is 0 Å². The summed E-state index contributed by atoms with van der Waals surface area (Å²) in [4.78, 5) is 12.4. The van der Waals surface area contributed by atoms with Gasteiger partial charge in [0.1, 0.15) is 12.3 Å². The topological polar surface area (TPSA) is 75.7 Å². The quantitative estimate of drug-likeness (QED) is 0.664. The van der Waals surface area contributed by atoms with Gasteiger partial charge in [0.25, 0.3) is 10.0 Å². The largest absolute Gasteiger partial charge is 0.495 e. The van der Waals surface area contributed by atoms with Crippen molar-refractivity contribution < 1.29 is 17.9 Å². The van der Waals surface area contributed by atoms with E-state index in [-0.39, 0.29) is 26.7 Å². The minimum absolute atomic E-state index is 0.0795. The van der Waals surface area contributed by atoms with Crippen LogP contribution in [0.1, 0.15) is 20.3 Å². The molecule has 1 amide bonds. The molecule has 6 nitrogen and oxygen atoms in total. The van der Waals surface area contributed by atoms with Crippen molar-refractivity contribution in [2.45, 2.75) is 31.2 Å². The molecule has 0 aromatic heterocycles. The first-order valence-corrected chi connectivity index (χ1v) is 10.8. The van der Waals surface area contributed by atoms with E-state index in [9.17, 15) is 13.2 Å². The fraction of sp³-hybridized carbons (Fsp3) is 0.316. The fourth-order valence-corrected chi connectivity index (χ4v) is 4.27. The number of halogens is 2. The molecule has 2 aromatic carbocycles. The molecule has 0 aliphatic carbocycles. The lowest BCUT2D eigenvalue weighted by Gasteiger charge is -2.26. The minimum Gasteiger partial charge on any atom is -0.495 e. The third-order valence-corrected chi connectivity index (χ3v) is 6.63. The SMILES string of the molecule is CC[C@@H](C)NC(=O)CN(c1ccccc1OC)S(=O)(=O)c1ccc(Cl)c(Cl)c1. The van der Waals surface area contributed by atoms with Crippen molar-refractivity contribution in [1.29, 1.82) is 0 Å². The van der Waals surface area contributed by atoms with Crippen molar-refractivity contribution >= 4 is 44.8 Å². The van der Waals surface area contributed by atoms with Gasteiger partial charge in [-0.05, 0) is 43.7 Å². The molecule has 2 rings (SSSR count). The second-order valence-electron chi connectivity index (χ2n) is 6.14. The zero-order valence-electron chi connectivity index (χ0n) is 15.8. The smallest absolute Gasteiger partial charge is 0.264 e. The van der Waals surface area contributed by atoms with E-state index in [0.29, 0.717) is 5.75 Å². The molecule has 0 saturated carbocycles. The Morgan fingerprint density at radius 3 is 2.46 bits per heavy atom. The lowest BCUT2D eigenvalue weighted by Crippen LogP contribution is -2.43. The van der Waals surface area contributed by atoms with Gasteiger partial charge in [-0.3, -0.25) is 9.10 Å². The first-order chi connectivity index (χ1) is 13.2. The van der Waals surface area contributed by atoms with E-state index in [1.165, 1.54) is 25.3 Å². The Morgan fingerprint density at radius 2 is 1.86 bits per heavy atom. The van der Waals surface area contributed by atoms with E-state index in [2.05, 4.69) is 5.32 Å². The van der Waals surface area contributed by atoms with Crippen LogP contribution in [0.5, 0.6) is 5.75 Å². The van der Waals surface area contributed by atoms with Crippen LogP contribution < -0.4 is 14.4 Å². The first kappa shape index (κ1) is 22.3. The Balaban J connectivity index is 2.53. The molecular weight excluding hydrogens is 423 g/mol. The summed E-state index contributed by atoms with van der Waals surface area (Å²) < 4.78 is 33.0. The molecule has 0 heterocycles. The molecule has 152 valence electrons. The van der Waals surface area contributed by atoms with Gasteiger partial charge in [-0.15, -0.1) is 0 Å². The zero-order valence-corrected chi connectivity index (χ0v) is 18.1. The third kappa shape index (κ3) is 5.10. The maximum Gasteiger partial charge on any atom is 0.264 e. The highest BCUT2D eigenvalue weighted by molar-refractivity contribution is 7.92. The molecule has 1 atom stereocenters. The Kier molecular flexibility index (Phi) is 7.57. The third-order valence-electron chi connectivity index (χ3n) is 4.14. The summed E-state index contributed by atoms with van der Waals surface area (Å²) in [6.45, 7) is 3.36. The van der Waals surface area contributed by atoms with Crippen molar-refractivity contribution in [3.63, 3.8) is 0 Å². The Bertz CT molecular complexity index is 951. The fourth-order valence-electron chi connectivity index (χ4n) is 2.45. The van der Waals surface area contributed by atoms with Crippen LogP contribution in [0, 0.1) is 0 Å². The molecule has 0 radical (unpaired) electrons. The molecular formula is C19H22Cl2N2O4S. The molecule has 2 aromatic rings. The van der Waals surface area contributed by atoms with Gasteiger partial charge in [0.15, 0.2) is 0 Å². The molecule has 0 bridgehead atoms. The predicted molar refractivity (Wildman–Crippen MR) is 112 cm³/mol. The van der Waals surface area contributed by atoms with Crippen molar-refractivity contribution in [2.75, 3.05) is 18.0 Å². The number of carbonyl (C=O) groups excluding carboxylic acids is 1. The zero-order chi connectivity index (χ0) is 20.9. The molecule has 9 heteroatoms. The minimum atomic E-state index is -4.11. The van der Waals surface area contributed by atoms with E-state index in [1.807, 2.05) is 13.8 Å². The summed E-state index contributed by atoms with van der Waals surface area (Å²) in [6, 6.07) is 10.5. The number of nitrogens with one attached hydrogen (secondary N) is 1. The van der Waals surface area contributed by atoms with Gasteiger partial charge >= 0.3 is 0 Å². The average molecular weight is 445 g/mol. The normalized spacial score (nSPS) is 12.3. The summed E-state index contributed by atoms with van der Waals surface area (Å²) in [7, 11) is -2.68. The highest BCUT2D eigenvalue weighted by atomic mass is 35.5. The van der Waals surface area contributed by atoms with Gasteiger partial charge in [-0.2, -0.15) is 0 Å². The highest BCUT2D eigenvalue weighted by Crippen LogP contribution is 2.33. The van der Waals surface area contributed by atoms with Gasteiger partial charge in [0, 0.05) is 6.04 Å². The van der Waals surface area contributed by atoms with Crippen LogP contribution >= 0.6 is 23.2 Å². The van der Waals surface area contributed by atoms with E-state index in [0.717, 1.165) is 10.7 Å². The van der Waals surface area contributed by atoms with Crippen LogP contribution in [0.2, 0.25) is 10.0 Å². The number of anilines is 1. The number of nitrogens with zero attached hydrogens (tertiary/aromatic N) is 1. The van der Waals surface area contributed by atoms with E-state index in [1.54, 1.807) is 24.3 Å². The van der Waals surface area contributed by atoms with Gasteiger partial charge in [0.05, 0.1) is 27.7 Å². The number of para-hydroxylation sites is 2. The number of benzene rings is 2. The van der Waals surface area contributed by atoms with E-state index < -0.39 is 22.5 Å². The molecule has 1 N–H and O–H groups in total. The lowest BCUT2D eigenvalue weighted by atomic mass is 10.2. The van der Waals surface area contributed by atoms with Gasteiger partial charge < -0.3 is 10.1 Å². The predicted octanol–water partition coefficient (Wildman–Crippen LogP) is 4.11. The van der Waals surface area contributed by atoms with Crippen LogP contribution in [0.25, 0.3) is 0 Å². The van der Waals surface area contributed by atoms with Crippen molar-refractivity contribution in [3.8, 4) is 5.75 Å². The molecule has 0 unspecified atom stereocenters. The average Bonchev–Trinajstić information content (AvgIpc) is 2.67. The summed E-state index contributed by atoms with van der Waals surface area (Å²) >= 11 is 11.9. The summed E-state index contributed by atoms with van der Waals surface area (Å²) in [5, 5.41) is 3.12.